The van der Waals surface area contributed by atoms with Crippen molar-refractivity contribution >= 4 is 10.9 Å². The van der Waals surface area contributed by atoms with Crippen LogP contribution >= 0.6 is 0 Å². The molecule has 0 aliphatic rings. The smallest absolute Gasteiger partial charge is 0.258 e. The molecule has 4 nitrogen and oxygen atoms in total. The lowest BCUT2D eigenvalue weighted by Crippen LogP contribution is -2.87. The molecule has 0 radical (unpaired) electrons. The number of nitrogens with two attached hydrogens (primary N) is 1. The second-order valence-corrected chi connectivity index (χ2v) is 9.09. The van der Waals surface area contributed by atoms with E-state index in [1.807, 2.05) is 24.3 Å². The van der Waals surface area contributed by atoms with Gasteiger partial charge in [0.15, 0.2) is 5.82 Å². The predicted octanol–water partition coefficient (Wildman–Crippen LogP) is 4.24. The van der Waals surface area contributed by atoms with Crippen LogP contribution in [0.5, 0.6) is 0 Å². The van der Waals surface area contributed by atoms with Crippen LogP contribution in [-0.4, -0.2) is 9.97 Å². The third kappa shape index (κ3) is 4.33. The molecule has 3 N–H and O–H groups in total. The molecule has 0 aliphatic heterocycles. The van der Waals surface area contributed by atoms with Crippen molar-refractivity contribution < 1.29 is 5.32 Å². The summed E-state index contributed by atoms with van der Waals surface area (Å²) >= 11 is 0. The van der Waals surface area contributed by atoms with E-state index in [1.165, 1.54) is 11.1 Å². The minimum atomic E-state index is -0.0727. The van der Waals surface area contributed by atoms with E-state index in [9.17, 15) is 4.79 Å². The number of hydrogen-bond donors (Lipinski definition) is 2. The minimum absolute atomic E-state index is 0.0481. The fourth-order valence-electron chi connectivity index (χ4n) is 3.65. The van der Waals surface area contributed by atoms with Gasteiger partial charge in [-0.15, -0.1) is 0 Å². The Kier molecular flexibility index (Phi) is 5.71. The van der Waals surface area contributed by atoms with Gasteiger partial charge in [0, 0.05) is 11.5 Å². The van der Waals surface area contributed by atoms with Crippen molar-refractivity contribution in [3.8, 4) is 0 Å². The molecule has 0 spiro atoms. The van der Waals surface area contributed by atoms with E-state index in [2.05, 4.69) is 76.1 Å². The Morgan fingerprint density at radius 1 is 0.964 bits per heavy atom. The molecule has 3 aromatic rings. The highest BCUT2D eigenvalue weighted by atomic mass is 16.1. The Hall–Kier alpha value is -2.46. The molecule has 28 heavy (non-hydrogen) atoms. The number of quaternary nitrogens is 1. The molecule has 0 unspecified atom stereocenters. The van der Waals surface area contributed by atoms with Crippen molar-refractivity contribution in [1.82, 2.24) is 9.97 Å². The van der Waals surface area contributed by atoms with Gasteiger partial charge < -0.3 is 10.3 Å². The van der Waals surface area contributed by atoms with Gasteiger partial charge in [0.25, 0.3) is 5.56 Å². The molecule has 0 amide bonds. The van der Waals surface area contributed by atoms with Crippen LogP contribution in [0.3, 0.4) is 0 Å². The second kappa shape index (κ2) is 7.88. The summed E-state index contributed by atoms with van der Waals surface area (Å²) in [5.74, 6) is 1.18. The summed E-state index contributed by atoms with van der Waals surface area (Å²) in [6, 6.07) is 16.8. The highest BCUT2D eigenvalue weighted by Crippen LogP contribution is 2.25. The van der Waals surface area contributed by atoms with E-state index >= 15 is 0 Å². The number of fused-ring (bicyclic) bond motifs is 1. The monoisotopic (exact) mass is 378 g/mol. The normalized spacial score (nSPS) is 14.4. The van der Waals surface area contributed by atoms with Crippen LogP contribution in [0.4, 0.5) is 0 Å². The summed E-state index contributed by atoms with van der Waals surface area (Å²) in [4.78, 5) is 20.1. The van der Waals surface area contributed by atoms with E-state index < -0.39 is 0 Å². The Balaban J connectivity index is 1.87. The van der Waals surface area contributed by atoms with Gasteiger partial charge >= 0.3 is 0 Å². The first-order valence-corrected chi connectivity index (χ1v) is 10.1. The zero-order valence-corrected chi connectivity index (χ0v) is 17.8. The third-order valence-corrected chi connectivity index (χ3v) is 5.44. The molecular formula is C24H32N3O+. The summed E-state index contributed by atoms with van der Waals surface area (Å²) in [6.45, 7) is 13.3. The van der Waals surface area contributed by atoms with E-state index in [0.717, 1.165) is 11.3 Å². The fraction of sp³-hybridized carbons (Fsp3) is 0.417. The lowest BCUT2D eigenvalue weighted by molar-refractivity contribution is -0.738. The van der Waals surface area contributed by atoms with E-state index in [4.69, 9.17) is 4.98 Å². The van der Waals surface area contributed by atoms with Crippen molar-refractivity contribution in [1.29, 1.82) is 0 Å². The molecule has 0 saturated carbocycles. The van der Waals surface area contributed by atoms with Crippen LogP contribution < -0.4 is 10.9 Å². The van der Waals surface area contributed by atoms with Gasteiger partial charge in [-0.1, -0.05) is 71.0 Å². The Morgan fingerprint density at radius 3 is 2.21 bits per heavy atom. The maximum Gasteiger partial charge on any atom is 0.258 e. The largest absolute Gasteiger partial charge is 0.331 e. The summed E-state index contributed by atoms with van der Waals surface area (Å²) in [5, 5.41) is 2.95. The maximum atomic E-state index is 12.4. The van der Waals surface area contributed by atoms with Crippen LogP contribution in [-0.2, 0) is 5.41 Å². The number of para-hydroxylation sites is 1. The third-order valence-electron chi connectivity index (χ3n) is 5.44. The number of rotatable bonds is 5. The summed E-state index contributed by atoms with van der Waals surface area (Å²) in [6.07, 6.45) is 0. The van der Waals surface area contributed by atoms with E-state index in [-0.39, 0.29) is 17.0 Å². The molecule has 1 heterocycles. The van der Waals surface area contributed by atoms with Gasteiger partial charge in [0.05, 0.1) is 10.9 Å². The molecule has 2 atom stereocenters. The average molecular weight is 379 g/mol. The zero-order valence-electron chi connectivity index (χ0n) is 17.8. The number of benzene rings is 2. The standard InChI is InChI=1S/C24H31N3O/c1-15(2)21(17-11-13-18(14-12-17)24(4,5)6)25-16(3)22-26-20-10-8-7-9-19(20)23(28)27-22/h7-16,21,25H,1-6H3,(H,26,27,28)/p+1/t16-,21-/m1/s1. The Morgan fingerprint density at radius 2 is 1.61 bits per heavy atom. The first kappa shape index (κ1) is 20.3. The molecule has 148 valence electrons. The van der Waals surface area contributed by atoms with Crippen LogP contribution in [0.1, 0.15) is 70.6 Å². The van der Waals surface area contributed by atoms with Gasteiger partial charge in [-0.25, -0.2) is 4.98 Å². The van der Waals surface area contributed by atoms with Crippen molar-refractivity contribution in [3.63, 3.8) is 0 Å². The highest BCUT2D eigenvalue weighted by Gasteiger charge is 2.25. The molecule has 0 fully saturated rings. The average Bonchev–Trinajstić information content (AvgIpc) is 2.65. The van der Waals surface area contributed by atoms with Gasteiger partial charge in [-0.3, -0.25) is 4.79 Å². The van der Waals surface area contributed by atoms with Gasteiger partial charge in [0.1, 0.15) is 12.1 Å². The number of hydrogen-bond acceptors (Lipinski definition) is 2. The van der Waals surface area contributed by atoms with E-state index in [0.29, 0.717) is 17.3 Å². The quantitative estimate of drug-likeness (QED) is 0.697. The number of nitrogens with zero attached hydrogens (tertiary/aromatic N) is 1. The summed E-state index contributed by atoms with van der Waals surface area (Å²) < 4.78 is 0. The predicted molar refractivity (Wildman–Crippen MR) is 115 cm³/mol. The van der Waals surface area contributed by atoms with Crippen molar-refractivity contribution in [2.45, 2.75) is 59.0 Å². The molecule has 4 heteroatoms. The first-order chi connectivity index (χ1) is 13.2. The molecule has 0 bridgehead atoms. The topological polar surface area (TPSA) is 62.4 Å². The van der Waals surface area contributed by atoms with Crippen LogP contribution in [0.25, 0.3) is 10.9 Å². The molecule has 1 aromatic heterocycles. The zero-order chi connectivity index (χ0) is 20.5. The van der Waals surface area contributed by atoms with Gasteiger partial charge in [0.2, 0.25) is 0 Å². The van der Waals surface area contributed by atoms with Gasteiger partial charge in [-0.05, 0) is 30.0 Å². The van der Waals surface area contributed by atoms with Crippen molar-refractivity contribution in [2.24, 2.45) is 5.92 Å². The molecule has 0 saturated heterocycles. The first-order valence-electron chi connectivity index (χ1n) is 10.1. The molecular weight excluding hydrogens is 346 g/mol. The highest BCUT2D eigenvalue weighted by molar-refractivity contribution is 5.77. The SMILES string of the molecule is CC(C)[C@@H]([NH2+][C@H](C)c1nc2ccccc2c(=O)[nH]1)c1ccc(C(C)(C)C)cc1. The van der Waals surface area contributed by atoms with Crippen molar-refractivity contribution in [3.05, 3.63) is 75.8 Å². The van der Waals surface area contributed by atoms with Gasteiger partial charge in [-0.2, -0.15) is 0 Å². The van der Waals surface area contributed by atoms with Crippen molar-refractivity contribution in [2.75, 3.05) is 0 Å². The van der Waals surface area contributed by atoms with E-state index in [1.54, 1.807) is 0 Å². The molecule has 0 aliphatic carbocycles. The number of aromatic nitrogens is 2. The Bertz CT molecular complexity index is 997. The van der Waals surface area contributed by atoms with Crippen LogP contribution in [0, 0.1) is 5.92 Å². The molecule has 3 rings (SSSR count). The summed E-state index contributed by atoms with van der Waals surface area (Å²) in [7, 11) is 0. The fourth-order valence-corrected chi connectivity index (χ4v) is 3.65. The van der Waals surface area contributed by atoms with Crippen LogP contribution in [0.2, 0.25) is 0 Å². The number of nitrogens with one attached hydrogen (secondary N) is 1. The lowest BCUT2D eigenvalue weighted by atomic mass is 9.85. The number of H-pyrrole nitrogens is 1. The summed E-state index contributed by atoms with van der Waals surface area (Å²) in [5.41, 5.74) is 3.47. The second-order valence-electron chi connectivity index (χ2n) is 9.09. The molecule has 2 aromatic carbocycles. The lowest BCUT2D eigenvalue weighted by Gasteiger charge is -2.25. The maximum absolute atomic E-state index is 12.4. The van der Waals surface area contributed by atoms with Crippen LogP contribution in [0.15, 0.2) is 53.3 Å². The number of aromatic amines is 1. The Labute approximate surface area is 167 Å². The minimum Gasteiger partial charge on any atom is -0.331 e.